The number of para-hydroxylation sites is 1. The van der Waals surface area contributed by atoms with Gasteiger partial charge in [0.15, 0.2) is 0 Å². The quantitative estimate of drug-likeness (QED) is 0.188. The lowest BCUT2D eigenvalue weighted by molar-refractivity contribution is -0.139. The first-order valence-electron chi connectivity index (χ1n) is 14.6. The average Bonchev–Trinajstić information content (AvgIpc) is 3.57. The summed E-state index contributed by atoms with van der Waals surface area (Å²) in [6, 6.07) is 26.0. The molecular weight excluding hydrogens is 585 g/mol. The molecule has 4 aromatic rings. The van der Waals surface area contributed by atoms with Gasteiger partial charge >= 0.3 is 17.9 Å². The summed E-state index contributed by atoms with van der Waals surface area (Å²) in [7, 11) is 3.88. The number of methoxy groups -OCH3 is 3. The van der Waals surface area contributed by atoms with Gasteiger partial charge in [-0.1, -0.05) is 85.0 Å². The highest BCUT2D eigenvalue weighted by atomic mass is 19.1. The minimum absolute atomic E-state index is 0.0516. The minimum atomic E-state index is -1.30. The molecule has 228 valence electrons. The first-order chi connectivity index (χ1) is 22.4. The second-order valence-electron chi connectivity index (χ2n) is 11.1. The zero-order valence-electron chi connectivity index (χ0n) is 25.2. The molecule has 0 saturated carbocycles. The molecule has 2 heterocycles. The van der Waals surface area contributed by atoms with Gasteiger partial charge in [-0.3, -0.25) is 0 Å². The Kier molecular flexibility index (Phi) is 6.93. The second kappa shape index (κ2) is 11.0. The predicted molar refractivity (Wildman–Crippen MR) is 171 cm³/mol. The molecule has 2 unspecified atom stereocenters. The van der Waals surface area contributed by atoms with E-state index >= 15 is 0 Å². The molecule has 4 aromatic carbocycles. The molecule has 0 amide bonds. The number of allylic oxidation sites excluding steroid dienone is 2. The van der Waals surface area contributed by atoms with Gasteiger partial charge in [0.2, 0.25) is 0 Å². The first kappa shape index (κ1) is 29.0. The molecule has 0 N–H and O–H groups in total. The highest BCUT2D eigenvalue weighted by Crippen LogP contribution is 2.63. The van der Waals surface area contributed by atoms with Crippen LogP contribution in [0.5, 0.6) is 0 Å². The number of ether oxygens (including phenoxy) is 3. The van der Waals surface area contributed by atoms with E-state index < -0.39 is 29.4 Å². The maximum absolute atomic E-state index is 14.1. The van der Waals surface area contributed by atoms with Crippen LogP contribution in [0.15, 0.2) is 114 Å². The molecule has 46 heavy (non-hydrogen) atoms. The third-order valence-corrected chi connectivity index (χ3v) is 9.02. The summed E-state index contributed by atoms with van der Waals surface area (Å²) in [4.78, 5) is 43.0. The van der Waals surface area contributed by atoms with Crippen LogP contribution in [0.3, 0.4) is 0 Å². The topological polar surface area (TPSA) is 82.1 Å². The van der Waals surface area contributed by atoms with E-state index in [1.54, 1.807) is 24.3 Å². The van der Waals surface area contributed by atoms with Gasteiger partial charge < -0.3 is 19.1 Å². The number of fused-ring (bicyclic) bond motifs is 9. The molecule has 3 aliphatic rings. The first-order valence-corrected chi connectivity index (χ1v) is 14.6. The van der Waals surface area contributed by atoms with E-state index in [0.29, 0.717) is 22.4 Å². The summed E-state index contributed by atoms with van der Waals surface area (Å²) in [5.41, 5.74) is 5.06. The molecular formula is C38H28FNO6. The van der Waals surface area contributed by atoms with Crippen molar-refractivity contribution in [2.24, 2.45) is 0 Å². The molecule has 2 atom stereocenters. The van der Waals surface area contributed by atoms with Crippen LogP contribution >= 0.6 is 0 Å². The van der Waals surface area contributed by atoms with Gasteiger partial charge in [-0.25, -0.2) is 18.8 Å². The molecule has 0 radical (unpaired) electrons. The number of benzene rings is 4. The zero-order valence-corrected chi connectivity index (χ0v) is 25.2. The fourth-order valence-corrected chi connectivity index (χ4v) is 7.24. The van der Waals surface area contributed by atoms with Gasteiger partial charge in [0, 0.05) is 16.8 Å². The van der Waals surface area contributed by atoms with Crippen molar-refractivity contribution in [1.82, 2.24) is 0 Å². The lowest BCUT2D eigenvalue weighted by Crippen LogP contribution is -2.46. The Labute approximate surface area is 264 Å². The molecule has 0 aromatic heterocycles. The zero-order chi connectivity index (χ0) is 32.2. The van der Waals surface area contributed by atoms with E-state index in [9.17, 15) is 18.8 Å². The second-order valence-corrected chi connectivity index (χ2v) is 11.1. The van der Waals surface area contributed by atoms with Crippen molar-refractivity contribution in [3.05, 3.63) is 148 Å². The molecule has 2 aliphatic heterocycles. The molecule has 0 saturated heterocycles. The van der Waals surface area contributed by atoms with Crippen LogP contribution < -0.4 is 4.90 Å². The van der Waals surface area contributed by atoms with Crippen LogP contribution in [0, 0.1) is 5.82 Å². The van der Waals surface area contributed by atoms with Crippen LogP contribution in [0.1, 0.15) is 32.6 Å². The van der Waals surface area contributed by atoms with Gasteiger partial charge in [-0.2, -0.15) is 0 Å². The average molecular weight is 614 g/mol. The molecule has 0 bridgehead atoms. The van der Waals surface area contributed by atoms with Crippen molar-refractivity contribution < 1.29 is 33.0 Å². The van der Waals surface area contributed by atoms with Crippen molar-refractivity contribution in [1.29, 1.82) is 0 Å². The molecule has 1 aliphatic carbocycles. The van der Waals surface area contributed by atoms with E-state index in [0.717, 1.165) is 27.8 Å². The summed E-state index contributed by atoms with van der Waals surface area (Å²) < 4.78 is 29.6. The fraction of sp³-hybridized carbons (Fsp3) is 0.132. The lowest BCUT2D eigenvalue weighted by atomic mass is 9.67. The summed E-state index contributed by atoms with van der Waals surface area (Å²) in [6.45, 7) is 0. The van der Waals surface area contributed by atoms with E-state index in [-0.39, 0.29) is 17.1 Å². The van der Waals surface area contributed by atoms with Crippen LogP contribution in [-0.2, 0) is 29.2 Å². The predicted octanol–water partition coefficient (Wildman–Crippen LogP) is 6.48. The standard InChI is InChI=1S/C38H28FNO6/c1-44-35(41)27-11-8-13-29-32(27)26-10-4-6-12-28(26)38(29)31-21-23(18-15-22-16-19-24(39)20-17-22)25-9-5-7-14-30(25)40(31)34(37(43)46-3)33(38)36(42)45-2/h4-21,31H,1-3H3/b18-15+. The summed E-state index contributed by atoms with van der Waals surface area (Å²) in [5.74, 6) is -2.26. The number of halogens is 1. The van der Waals surface area contributed by atoms with Crippen LogP contribution in [0.25, 0.3) is 22.8 Å². The Hall–Kier alpha value is -5.76. The summed E-state index contributed by atoms with van der Waals surface area (Å²) >= 11 is 0. The van der Waals surface area contributed by atoms with E-state index in [2.05, 4.69) is 0 Å². The third-order valence-electron chi connectivity index (χ3n) is 9.02. The number of carbonyl (C=O) groups is 3. The Morgan fingerprint density at radius 1 is 0.717 bits per heavy atom. The van der Waals surface area contributed by atoms with E-state index in [4.69, 9.17) is 14.2 Å². The van der Waals surface area contributed by atoms with Gasteiger partial charge in [0.1, 0.15) is 11.5 Å². The Balaban J connectivity index is 1.60. The molecule has 0 fully saturated rings. The highest BCUT2D eigenvalue weighted by Gasteiger charge is 2.63. The fourth-order valence-electron chi connectivity index (χ4n) is 7.24. The molecule has 1 spiro atoms. The van der Waals surface area contributed by atoms with Gasteiger partial charge in [-0.05, 0) is 52.1 Å². The number of hydrogen-bond donors (Lipinski definition) is 0. The minimum Gasteiger partial charge on any atom is -0.466 e. The number of carbonyl (C=O) groups excluding carboxylic acids is 3. The number of anilines is 1. The summed E-state index contributed by atoms with van der Waals surface area (Å²) in [5, 5.41) is 0. The summed E-state index contributed by atoms with van der Waals surface area (Å²) in [6.07, 6.45) is 5.86. The van der Waals surface area contributed by atoms with Gasteiger partial charge in [-0.15, -0.1) is 0 Å². The Morgan fingerprint density at radius 2 is 1.37 bits per heavy atom. The van der Waals surface area contributed by atoms with Crippen molar-refractivity contribution in [3.63, 3.8) is 0 Å². The molecule has 7 nitrogen and oxygen atoms in total. The van der Waals surface area contributed by atoms with Crippen LogP contribution in [-0.4, -0.2) is 45.3 Å². The smallest absolute Gasteiger partial charge is 0.355 e. The Bertz CT molecular complexity index is 2040. The van der Waals surface area contributed by atoms with Crippen LogP contribution in [0.2, 0.25) is 0 Å². The molecule has 7 rings (SSSR count). The lowest BCUT2D eigenvalue weighted by Gasteiger charge is -2.41. The number of nitrogens with zero attached hydrogens (tertiary/aromatic N) is 1. The SMILES string of the molecule is COC(=O)C1=C(C(=O)OC)C2(c3ccccc3-c3c(C(=O)OC)cccc32)C2C=C(/C=C/c3ccc(F)cc3)c3ccccc3N12. The largest absolute Gasteiger partial charge is 0.466 e. The van der Waals surface area contributed by atoms with Crippen molar-refractivity contribution in [2.45, 2.75) is 11.5 Å². The van der Waals surface area contributed by atoms with Crippen LogP contribution in [0.4, 0.5) is 10.1 Å². The maximum atomic E-state index is 14.1. The number of esters is 3. The maximum Gasteiger partial charge on any atom is 0.355 e. The molecule has 8 heteroatoms. The number of hydrogen-bond acceptors (Lipinski definition) is 7. The van der Waals surface area contributed by atoms with Crippen molar-refractivity contribution in [2.75, 3.05) is 26.2 Å². The van der Waals surface area contributed by atoms with Gasteiger partial charge in [0.25, 0.3) is 0 Å². The Morgan fingerprint density at radius 3 is 2.09 bits per heavy atom. The number of rotatable bonds is 5. The third kappa shape index (κ3) is 3.99. The van der Waals surface area contributed by atoms with E-state index in [1.807, 2.05) is 77.7 Å². The monoisotopic (exact) mass is 613 g/mol. The van der Waals surface area contributed by atoms with Crippen molar-refractivity contribution >= 4 is 35.2 Å². The highest BCUT2D eigenvalue weighted by molar-refractivity contribution is 6.13. The van der Waals surface area contributed by atoms with Crippen molar-refractivity contribution in [3.8, 4) is 11.1 Å². The van der Waals surface area contributed by atoms with E-state index in [1.165, 1.54) is 33.5 Å². The normalized spacial score (nSPS) is 18.9. The van der Waals surface area contributed by atoms with Gasteiger partial charge in [0.05, 0.1) is 43.9 Å².